The molecule has 5 aromatic rings. The number of carboxylic acid groups (broad SMARTS) is 1. The number of carboxylic acids is 1. The fourth-order valence-electron chi connectivity index (χ4n) is 5.89. The van der Waals surface area contributed by atoms with Crippen molar-refractivity contribution < 1.29 is 23.8 Å². The number of aryl methyl sites for hydroxylation is 1. The Morgan fingerprint density at radius 3 is 2.34 bits per heavy atom. The van der Waals surface area contributed by atoms with Gasteiger partial charge in [-0.1, -0.05) is 32.9 Å². The minimum atomic E-state index is -0.973. The van der Waals surface area contributed by atoms with Gasteiger partial charge >= 0.3 is 5.97 Å². The third kappa shape index (κ3) is 4.62. The molecule has 8 heteroatoms. The maximum absolute atomic E-state index is 14.1. The van der Waals surface area contributed by atoms with Gasteiger partial charge in [-0.05, 0) is 73.4 Å². The van der Waals surface area contributed by atoms with Crippen LogP contribution in [-0.4, -0.2) is 44.5 Å². The highest BCUT2D eigenvalue weighted by Gasteiger charge is 2.30. The fraction of sp³-hybridized carbons (Fsp3) is 0.303. The second kappa shape index (κ2) is 9.96. The molecule has 0 spiro atoms. The third-order valence-electron chi connectivity index (χ3n) is 7.97. The molecule has 0 radical (unpaired) electrons. The summed E-state index contributed by atoms with van der Waals surface area (Å²) in [6.07, 6.45) is 3.33. The Balaban J connectivity index is 1.74. The van der Waals surface area contributed by atoms with E-state index in [1.165, 1.54) is 16.8 Å². The van der Waals surface area contributed by atoms with Gasteiger partial charge in [-0.25, -0.2) is 9.18 Å². The number of aromatic carboxylic acids is 1. The molecule has 2 aromatic heterocycles. The first-order valence-corrected chi connectivity index (χ1v) is 13.8. The molecule has 1 aliphatic heterocycles. The molecular formula is C33H32FN3O4. The summed E-state index contributed by atoms with van der Waals surface area (Å²) in [6.45, 7) is 8.66. The van der Waals surface area contributed by atoms with Crippen molar-refractivity contribution >= 4 is 33.7 Å². The number of hydrogen-bond acceptors (Lipinski definition) is 4. The Morgan fingerprint density at radius 1 is 1.00 bits per heavy atom. The Labute approximate surface area is 237 Å². The smallest absolute Gasteiger partial charge is 0.335 e. The highest BCUT2D eigenvalue weighted by Crippen LogP contribution is 2.45. The van der Waals surface area contributed by atoms with Crippen LogP contribution in [0.1, 0.15) is 65.9 Å². The summed E-state index contributed by atoms with van der Waals surface area (Å²) in [5, 5.41) is 15.9. The van der Waals surface area contributed by atoms with Gasteiger partial charge in [0.25, 0.3) is 5.91 Å². The number of rotatable bonds is 4. The predicted octanol–water partition coefficient (Wildman–Crippen LogP) is 7.37. The van der Waals surface area contributed by atoms with Crippen molar-refractivity contribution in [1.82, 2.24) is 14.3 Å². The van der Waals surface area contributed by atoms with Crippen molar-refractivity contribution in [3.63, 3.8) is 0 Å². The SMILES string of the molecule is Cc1cc(-c2c(C3CCOCC3)n(-c3ccc(F)cc3)c3cc4cnn(C(=O)C(C)(C)C)c4cc23)ccc1C(=O)O. The molecule has 3 aromatic carbocycles. The van der Waals surface area contributed by atoms with Crippen molar-refractivity contribution in [2.24, 2.45) is 5.41 Å². The number of ether oxygens (including phenoxy) is 1. The van der Waals surface area contributed by atoms with Gasteiger partial charge in [0.2, 0.25) is 0 Å². The average molecular weight is 554 g/mol. The van der Waals surface area contributed by atoms with Gasteiger partial charge in [-0.15, -0.1) is 0 Å². The zero-order valence-corrected chi connectivity index (χ0v) is 23.6. The zero-order chi connectivity index (χ0) is 29.1. The first-order chi connectivity index (χ1) is 19.5. The van der Waals surface area contributed by atoms with Crippen molar-refractivity contribution in [3.8, 4) is 16.8 Å². The van der Waals surface area contributed by atoms with Crippen LogP contribution in [0.25, 0.3) is 38.6 Å². The molecule has 7 nitrogen and oxygen atoms in total. The van der Waals surface area contributed by atoms with E-state index in [1.54, 1.807) is 31.3 Å². The molecule has 1 aliphatic rings. The maximum atomic E-state index is 14.1. The van der Waals surface area contributed by atoms with Crippen molar-refractivity contribution in [2.45, 2.75) is 46.5 Å². The summed E-state index contributed by atoms with van der Waals surface area (Å²) in [6, 6.07) is 15.9. The van der Waals surface area contributed by atoms with Crippen LogP contribution in [0.3, 0.4) is 0 Å². The number of halogens is 1. The van der Waals surface area contributed by atoms with E-state index in [0.29, 0.717) is 24.3 Å². The molecule has 0 amide bonds. The lowest BCUT2D eigenvalue weighted by atomic mass is 9.89. The van der Waals surface area contributed by atoms with Gasteiger partial charge in [0.05, 0.1) is 22.8 Å². The number of fused-ring (bicyclic) bond motifs is 2. The molecule has 0 unspecified atom stereocenters. The molecule has 3 heterocycles. The van der Waals surface area contributed by atoms with Gasteiger partial charge < -0.3 is 14.4 Å². The largest absolute Gasteiger partial charge is 0.478 e. The van der Waals surface area contributed by atoms with E-state index in [-0.39, 0.29) is 23.2 Å². The topological polar surface area (TPSA) is 86.4 Å². The number of nitrogens with zero attached hydrogens (tertiary/aromatic N) is 3. The summed E-state index contributed by atoms with van der Waals surface area (Å²) in [5.41, 5.74) is 5.61. The lowest BCUT2D eigenvalue weighted by molar-refractivity contribution is 0.0695. The monoisotopic (exact) mass is 553 g/mol. The summed E-state index contributed by atoms with van der Waals surface area (Å²) < 4.78 is 23.4. The van der Waals surface area contributed by atoms with Gasteiger partial charge in [0, 0.05) is 52.3 Å². The number of benzene rings is 3. The molecule has 6 rings (SSSR count). The van der Waals surface area contributed by atoms with Crippen molar-refractivity contribution in [1.29, 1.82) is 0 Å². The van der Waals surface area contributed by atoms with E-state index in [2.05, 4.69) is 9.67 Å². The Bertz CT molecular complexity index is 1820. The molecule has 210 valence electrons. The second-order valence-electron chi connectivity index (χ2n) is 11.8. The molecule has 1 N–H and O–H groups in total. The van der Waals surface area contributed by atoms with E-state index < -0.39 is 11.4 Å². The fourth-order valence-corrected chi connectivity index (χ4v) is 5.89. The summed E-state index contributed by atoms with van der Waals surface area (Å²) >= 11 is 0. The van der Waals surface area contributed by atoms with Crippen LogP contribution in [0.2, 0.25) is 0 Å². The lowest BCUT2D eigenvalue weighted by Gasteiger charge is -2.26. The van der Waals surface area contributed by atoms with Gasteiger partial charge in [0.1, 0.15) is 5.82 Å². The quantitative estimate of drug-likeness (QED) is 0.251. The van der Waals surface area contributed by atoms with Gasteiger partial charge in [-0.3, -0.25) is 4.79 Å². The highest BCUT2D eigenvalue weighted by molar-refractivity contribution is 6.08. The summed E-state index contributed by atoms with van der Waals surface area (Å²) in [7, 11) is 0. The highest BCUT2D eigenvalue weighted by atomic mass is 19.1. The molecular weight excluding hydrogens is 521 g/mol. The maximum Gasteiger partial charge on any atom is 0.335 e. The van der Waals surface area contributed by atoms with E-state index in [4.69, 9.17) is 4.74 Å². The van der Waals surface area contributed by atoms with E-state index >= 15 is 0 Å². The van der Waals surface area contributed by atoms with Crippen LogP contribution < -0.4 is 0 Å². The average Bonchev–Trinajstić information content (AvgIpc) is 3.50. The van der Waals surface area contributed by atoms with Crippen LogP contribution in [-0.2, 0) is 4.74 Å². The second-order valence-corrected chi connectivity index (χ2v) is 11.8. The minimum Gasteiger partial charge on any atom is -0.478 e. The number of carbonyl (C=O) groups is 2. The standard InChI is InChI=1S/C33H32FN3O4/c1-19-15-21(5-10-25(19)31(38)39)29-26-17-27-22(18-35-37(27)32(40)33(2,3)4)16-28(26)36(24-8-6-23(34)7-9-24)30(29)20-11-13-41-14-12-20/h5-10,15-18,20H,11-14H2,1-4H3,(H,38,39). The Morgan fingerprint density at radius 2 is 1.71 bits per heavy atom. The van der Waals surface area contributed by atoms with Crippen molar-refractivity contribution in [3.05, 3.63) is 83.4 Å². The van der Waals surface area contributed by atoms with Gasteiger partial charge in [0.15, 0.2) is 0 Å². The first-order valence-electron chi connectivity index (χ1n) is 13.8. The Hall–Kier alpha value is -4.30. The van der Waals surface area contributed by atoms with Crippen LogP contribution in [0.5, 0.6) is 0 Å². The molecule has 0 bridgehead atoms. The Kier molecular flexibility index (Phi) is 6.53. The molecule has 0 atom stereocenters. The van der Waals surface area contributed by atoms with E-state index in [9.17, 15) is 19.1 Å². The number of carbonyl (C=O) groups excluding carboxylic acids is 1. The molecule has 0 aliphatic carbocycles. The molecule has 1 saturated heterocycles. The summed E-state index contributed by atoms with van der Waals surface area (Å²) in [5.74, 6) is -1.26. The summed E-state index contributed by atoms with van der Waals surface area (Å²) in [4.78, 5) is 25.2. The van der Waals surface area contributed by atoms with Crippen LogP contribution >= 0.6 is 0 Å². The van der Waals surface area contributed by atoms with E-state index in [1.807, 2.05) is 45.0 Å². The molecule has 41 heavy (non-hydrogen) atoms. The van der Waals surface area contributed by atoms with E-state index in [0.717, 1.165) is 51.6 Å². The van der Waals surface area contributed by atoms with Crippen LogP contribution in [0.4, 0.5) is 4.39 Å². The minimum absolute atomic E-state index is 0.113. The predicted molar refractivity (Wildman–Crippen MR) is 157 cm³/mol. The van der Waals surface area contributed by atoms with Gasteiger partial charge in [-0.2, -0.15) is 9.78 Å². The molecule has 0 saturated carbocycles. The number of hydrogen-bond donors (Lipinski definition) is 1. The number of aromatic nitrogens is 3. The van der Waals surface area contributed by atoms with Crippen LogP contribution in [0.15, 0.2) is 60.8 Å². The lowest BCUT2D eigenvalue weighted by Crippen LogP contribution is -2.27. The molecule has 1 fully saturated rings. The zero-order valence-electron chi connectivity index (χ0n) is 23.6. The van der Waals surface area contributed by atoms with Crippen molar-refractivity contribution in [2.75, 3.05) is 13.2 Å². The van der Waals surface area contributed by atoms with Crippen LogP contribution in [0, 0.1) is 18.2 Å². The first kappa shape index (κ1) is 26.9. The normalized spacial score (nSPS) is 14.7. The third-order valence-corrected chi connectivity index (χ3v) is 7.97.